The van der Waals surface area contributed by atoms with Crippen molar-refractivity contribution in [2.45, 2.75) is 6.54 Å². The maximum atomic E-state index is 5.51. The first-order valence-corrected chi connectivity index (χ1v) is 5.26. The Morgan fingerprint density at radius 1 is 1.56 bits per heavy atom. The SMILES string of the molecule is CN(CCN)Cc1cn[nH]c1-c1ccco1. The minimum atomic E-state index is 0.657. The zero-order valence-electron chi connectivity index (χ0n) is 9.31. The molecule has 0 saturated heterocycles. The zero-order valence-corrected chi connectivity index (χ0v) is 9.31. The number of likely N-dealkylation sites (N-methyl/N-ethyl adjacent to an activating group) is 1. The number of nitrogens with two attached hydrogens (primary N) is 1. The highest BCUT2D eigenvalue weighted by Gasteiger charge is 2.11. The van der Waals surface area contributed by atoms with Crippen molar-refractivity contribution in [1.29, 1.82) is 0 Å². The highest BCUT2D eigenvalue weighted by atomic mass is 16.3. The predicted octanol–water partition coefficient (Wildman–Crippen LogP) is 1.06. The van der Waals surface area contributed by atoms with Gasteiger partial charge in [-0.05, 0) is 19.2 Å². The number of rotatable bonds is 5. The molecule has 0 aliphatic rings. The second-order valence-corrected chi connectivity index (χ2v) is 3.77. The Balaban J connectivity index is 2.14. The van der Waals surface area contributed by atoms with Gasteiger partial charge in [-0.2, -0.15) is 5.10 Å². The van der Waals surface area contributed by atoms with Gasteiger partial charge in [-0.25, -0.2) is 0 Å². The van der Waals surface area contributed by atoms with Gasteiger partial charge in [0.25, 0.3) is 0 Å². The fourth-order valence-electron chi connectivity index (χ4n) is 1.66. The van der Waals surface area contributed by atoms with Crippen molar-refractivity contribution in [3.05, 3.63) is 30.2 Å². The van der Waals surface area contributed by atoms with Crippen LogP contribution < -0.4 is 5.73 Å². The fourth-order valence-corrected chi connectivity index (χ4v) is 1.66. The number of hydrogen-bond donors (Lipinski definition) is 2. The molecule has 0 spiro atoms. The monoisotopic (exact) mass is 220 g/mol. The van der Waals surface area contributed by atoms with E-state index in [1.165, 1.54) is 0 Å². The number of nitrogens with one attached hydrogen (secondary N) is 1. The standard InChI is InChI=1S/C11H16N4O/c1-15(5-4-12)8-9-7-13-14-11(9)10-3-2-6-16-10/h2-3,6-7H,4-5,8,12H2,1H3,(H,13,14). The highest BCUT2D eigenvalue weighted by Crippen LogP contribution is 2.21. The molecule has 0 aliphatic carbocycles. The Hall–Kier alpha value is -1.59. The lowest BCUT2D eigenvalue weighted by Crippen LogP contribution is -2.25. The van der Waals surface area contributed by atoms with Crippen LogP contribution in [0.3, 0.4) is 0 Å². The van der Waals surface area contributed by atoms with Crippen LogP contribution in [0.1, 0.15) is 5.56 Å². The molecule has 16 heavy (non-hydrogen) atoms. The second kappa shape index (κ2) is 4.96. The van der Waals surface area contributed by atoms with Gasteiger partial charge in [-0.1, -0.05) is 0 Å². The molecule has 0 aromatic carbocycles. The van der Waals surface area contributed by atoms with Gasteiger partial charge in [0.05, 0.1) is 12.5 Å². The first-order valence-electron chi connectivity index (χ1n) is 5.26. The summed E-state index contributed by atoms with van der Waals surface area (Å²) in [5.41, 5.74) is 7.56. The number of hydrogen-bond acceptors (Lipinski definition) is 4. The summed E-state index contributed by atoms with van der Waals surface area (Å²) in [6.07, 6.45) is 3.48. The van der Waals surface area contributed by atoms with Crippen molar-refractivity contribution >= 4 is 0 Å². The average molecular weight is 220 g/mol. The van der Waals surface area contributed by atoms with Crippen LogP contribution in [0.15, 0.2) is 29.0 Å². The van der Waals surface area contributed by atoms with Crippen molar-refractivity contribution < 1.29 is 4.42 Å². The Bertz CT molecular complexity index is 421. The fraction of sp³-hybridized carbons (Fsp3) is 0.364. The summed E-state index contributed by atoms with van der Waals surface area (Å²) in [5.74, 6) is 0.814. The molecule has 5 heteroatoms. The van der Waals surface area contributed by atoms with E-state index >= 15 is 0 Å². The van der Waals surface area contributed by atoms with Crippen LogP contribution in [0.4, 0.5) is 0 Å². The summed E-state index contributed by atoms with van der Waals surface area (Å²) in [6.45, 7) is 2.33. The summed E-state index contributed by atoms with van der Waals surface area (Å²) in [4.78, 5) is 2.15. The number of H-pyrrole nitrogens is 1. The van der Waals surface area contributed by atoms with Gasteiger partial charge in [-0.3, -0.25) is 5.10 Å². The van der Waals surface area contributed by atoms with Crippen LogP contribution in [0.5, 0.6) is 0 Å². The number of aromatic amines is 1. The van der Waals surface area contributed by atoms with E-state index in [2.05, 4.69) is 15.1 Å². The Labute approximate surface area is 94.2 Å². The third kappa shape index (κ3) is 2.32. The Kier molecular flexibility index (Phi) is 3.38. The van der Waals surface area contributed by atoms with E-state index in [1.54, 1.807) is 6.26 Å². The van der Waals surface area contributed by atoms with Crippen LogP contribution >= 0.6 is 0 Å². The molecule has 0 aliphatic heterocycles. The van der Waals surface area contributed by atoms with E-state index in [9.17, 15) is 0 Å². The van der Waals surface area contributed by atoms with Crippen molar-refractivity contribution in [2.24, 2.45) is 5.73 Å². The smallest absolute Gasteiger partial charge is 0.151 e. The van der Waals surface area contributed by atoms with Gasteiger partial charge in [0.15, 0.2) is 5.76 Å². The number of furan rings is 1. The van der Waals surface area contributed by atoms with Crippen LogP contribution in [0.2, 0.25) is 0 Å². The topological polar surface area (TPSA) is 71.1 Å². The molecule has 0 amide bonds. The summed E-state index contributed by atoms with van der Waals surface area (Å²) < 4.78 is 5.35. The number of nitrogens with zero attached hydrogens (tertiary/aromatic N) is 2. The molecule has 2 heterocycles. The lowest BCUT2D eigenvalue weighted by molar-refractivity contribution is 0.336. The summed E-state index contributed by atoms with van der Waals surface area (Å²) in [7, 11) is 2.03. The molecule has 2 aromatic rings. The normalized spacial score (nSPS) is 11.2. The zero-order chi connectivity index (χ0) is 11.4. The molecule has 0 saturated carbocycles. The lowest BCUT2D eigenvalue weighted by Gasteiger charge is -2.14. The van der Waals surface area contributed by atoms with Crippen molar-refractivity contribution in [3.8, 4) is 11.5 Å². The van der Waals surface area contributed by atoms with Gasteiger partial charge < -0.3 is 15.1 Å². The Morgan fingerprint density at radius 2 is 2.44 bits per heavy atom. The average Bonchev–Trinajstić information content (AvgIpc) is 2.86. The van der Waals surface area contributed by atoms with Gasteiger partial charge in [0.2, 0.25) is 0 Å². The third-order valence-corrected chi connectivity index (χ3v) is 2.44. The first-order chi connectivity index (χ1) is 7.81. The third-order valence-electron chi connectivity index (χ3n) is 2.44. The predicted molar refractivity (Wildman–Crippen MR) is 61.7 cm³/mol. The minimum Gasteiger partial charge on any atom is -0.463 e. The van der Waals surface area contributed by atoms with Gasteiger partial charge >= 0.3 is 0 Å². The van der Waals surface area contributed by atoms with Crippen LogP contribution in [-0.4, -0.2) is 35.2 Å². The van der Waals surface area contributed by atoms with Gasteiger partial charge in [0, 0.05) is 25.2 Å². The van der Waals surface area contributed by atoms with Gasteiger partial charge in [-0.15, -0.1) is 0 Å². The molecule has 0 radical (unpaired) electrons. The summed E-state index contributed by atoms with van der Waals surface area (Å²) in [5, 5.41) is 7.00. The lowest BCUT2D eigenvalue weighted by atomic mass is 10.2. The maximum Gasteiger partial charge on any atom is 0.151 e. The summed E-state index contributed by atoms with van der Waals surface area (Å²) in [6, 6.07) is 3.78. The van der Waals surface area contributed by atoms with E-state index in [0.717, 1.165) is 30.1 Å². The maximum absolute atomic E-state index is 5.51. The van der Waals surface area contributed by atoms with Crippen molar-refractivity contribution in [2.75, 3.05) is 20.1 Å². The summed E-state index contributed by atoms with van der Waals surface area (Å²) >= 11 is 0. The van der Waals surface area contributed by atoms with E-state index in [0.29, 0.717) is 6.54 Å². The molecule has 0 atom stereocenters. The van der Waals surface area contributed by atoms with E-state index in [1.807, 2.05) is 25.4 Å². The molecule has 0 bridgehead atoms. The van der Waals surface area contributed by atoms with E-state index < -0.39 is 0 Å². The van der Waals surface area contributed by atoms with Crippen molar-refractivity contribution in [3.63, 3.8) is 0 Å². The molecule has 0 unspecified atom stereocenters. The minimum absolute atomic E-state index is 0.657. The molecule has 3 N–H and O–H groups in total. The van der Waals surface area contributed by atoms with E-state index in [4.69, 9.17) is 10.2 Å². The molecule has 2 aromatic heterocycles. The first kappa shape index (κ1) is 10.9. The second-order valence-electron chi connectivity index (χ2n) is 3.77. The van der Waals surface area contributed by atoms with Crippen LogP contribution in [-0.2, 0) is 6.54 Å². The van der Waals surface area contributed by atoms with E-state index in [-0.39, 0.29) is 0 Å². The highest BCUT2D eigenvalue weighted by molar-refractivity contribution is 5.55. The van der Waals surface area contributed by atoms with Gasteiger partial charge in [0.1, 0.15) is 5.69 Å². The molecular weight excluding hydrogens is 204 g/mol. The van der Waals surface area contributed by atoms with Crippen molar-refractivity contribution in [1.82, 2.24) is 15.1 Å². The molecular formula is C11H16N4O. The largest absolute Gasteiger partial charge is 0.463 e. The molecule has 5 nitrogen and oxygen atoms in total. The van der Waals surface area contributed by atoms with Crippen LogP contribution in [0.25, 0.3) is 11.5 Å². The van der Waals surface area contributed by atoms with Crippen LogP contribution in [0, 0.1) is 0 Å². The molecule has 2 rings (SSSR count). The number of aromatic nitrogens is 2. The Morgan fingerprint density at radius 3 is 3.12 bits per heavy atom. The quantitative estimate of drug-likeness (QED) is 0.790. The molecule has 0 fully saturated rings. The molecule has 86 valence electrons.